The Morgan fingerprint density at radius 2 is 1.96 bits per heavy atom. The number of halogens is 1. The van der Waals surface area contributed by atoms with Crippen molar-refractivity contribution in [2.24, 2.45) is 4.99 Å². The molecular weight excluding hydrogens is 305 g/mol. The van der Waals surface area contributed by atoms with E-state index in [0.717, 1.165) is 23.5 Å². The highest BCUT2D eigenvalue weighted by atomic mass is 19.1. The van der Waals surface area contributed by atoms with Crippen molar-refractivity contribution in [3.8, 4) is 0 Å². The maximum absolute atomic E-state index is 13.2. The number of rotatable bonds is 6. The van der Waals surface area contributed by atoms with Gasteiger partial charge in [0.2, 0.25) is 0 Å². The van der Waals surface area contributed by atoms with Crippen LogP contribution in [0, 0.1) is 5.82 Å². The van der Waals surface area contributed by atoms with Gasteiger partial charge in [-0.1, -0.05) is 18.2 Å². The van der Waals surface area contributed by atoms with Crippen LogP contribution in [0.25, 0.3) is 0 Å². The topological polar surface area (TPSA) is 52.6 Å². The van der Waals surface area contributed by atoms with E-state index in [4.69, 9.17) is 0 Å². The van der Waals surface area contributed by atoms with Crippen LogP contribution in [-0.4, -0.2) is 38.6 Å². The second-order valence-electron chi connectivity index (χ2n) is 5.61. The minimum atomic E-state index is -0.207. The van der Waals surface area contributed by atoms with Crippen LogP contribution in [0.2, 0.25) is 0 Å². The number of hydrogen-bond acceptors (Lipinski definition) is 3. The van der Waals surface area contributed by atoms with Gasteiger partial charge in [-0.15, -0.1) is 0 Å². The highest BCUT2D eigenvalue weighted by Crippen LogP contribution is 2.07. The summed E-state index contributed by atoms with van der Waals surface area (Å²) in [5.74, 6) is 1.41. The normalized spacial score (nSPS) is 11.2. The molecule has 1 aromatic heterocycles. The Bertz CT molecular complexity index is 685. The lowest BCUT2D eigenvalue weighted by Gasteiger charge is -2.14. The summed E-state index contributed by atoms with van der Waals surface area (Å²) in [6, 6.07) is 12.6. The van der Waals surface area contributed by atoms with E-state index in [1.807, 2.05) is 43.3 Å². The van der Waals surface area contributed by atoms with Gasteiger partial charge >= 0.3 is 0 Å². The smallest absolute Gasteiger partial charge is 0.191 e. The van der Waals surface area contributed by atoms with Gasteiger partial charge in [0, 0.05) is 27.7 Å². The second-order valence-corrected chi connectivity index (χ2v) is 5.61. The maximum atomic E-state index is 13.2. The fourth-order valence-electron chi connectivity index (χ4n) is 2.23. The van der Waals surface area contributed by atoms with Gasteiger partial charge in [0.25, 0.3) is 0 Å². The minimum absolute atomic E-state index is 0.207. The van der Waals surface area contributed by atoms with Crippen molar-refractivity contribution in [3.05, 3.63) is 59.5 Å². The van der Waals surface area contributed by atoms with Crippen LogP contribution in [-0.2, 0) is 13.0 Å². The predicted molar refractivity (Wildman–Crippen MR) is 96.9 cm³/mol. The molecule has 0 spiro atoms. The van der Waals surface area contributed by atoms with Crippen LogP contribution in [0.5, 0.6) is 0 Å². The largest absolute Gasteiger partial charge is 0.363 e. The number of aromatic nitrogens is 1. The summed E-state index contributed by atoms with van der Waals surface area (Å²) >= 11 is 0. The Kier molecular flexibility index (Phi) is 6.54. The third-order valence-electron chi connectivity index (χ3n) is 3.51. The molecule has 6 heteroatoms. The van der Waals surface area contributed by atoms with Gasteiger partial charge in [0.1, 0.15) is 11.6 Å². The number of aliphatic imine (C=N–C) groups is 1. The van der Waals surface area contributed by atoms with Gasteiger partial charge in [-0.2, -0.15) is 0 Å². The molecule has 0 aliphatic carbocycles. The zero-order valence-electron chi connectivity index (χ0n) is 14.4. The maximum Gasteiger partial charge on any atom is 0.191 e. The number of guanidine groups is 1. The van der Waals surface area contributed by atoms with Crippen molar-refractivity contribution in [3.63, 3.8) is 0 Å². The first-order valence-electron chi connectivity index (χ1n) is 7.90. The first kappa shape index (κ1) is 17.7. The first-order chi connectivity index (χ1) is 11.6. The van der Waals surface area contributed by atoms with Gasteiger partial charge in [0.15, 0.2) is 5.96 Å². The van der Waals surface area contributed by atoms with Gasteiger partial charge in [-0.3, -0.25) is 4.99 Å². The Morgan fingerprint density at radius 3 is 2.67 bits per heavy atom. The van der Waals surface area contributed by atoms with Crippen molar-refractivity contribution < 1.29 is 4.39 Å². The summed E-state index contributed by atoms with van der Waals surface area (Å²) in [5, 5.41) is 6.46. The molecule has 1 heterocycles. The molecule has 0 unspecified atom stereocenters. The van der Waals surface area contributed by atoms with Crippen molar-refractivity contribution >= 4 is 11.8 Å². The molecule has 1 aromatic carbocycles. The van der Waals surface area contributed by atoms with Gasteiger partial charge in [-0.25, -0.2) is 9.37 Å². The predicted octanol–water partition coefficient (Wildman–Crippen LogP) is 2.19. The first-order valence-corrected chi connectivity index (χ1v) is 7.90. The standard InChI is InChI=1S/C18H24FN5/c1-20-18(21-11-10-14-6-4-7-15(19)12-14)22-13-16-8-5-9-17(23-16)24(2)3/h4-9,12H,10-11,13H2,1-3H3,(H2,20,21,22). The SMILES string of the molecule is CN=C(NCCc1cccc(F)c1)NCc1cccc(N(C)C)n1. The summed E-state index contributed by atoms with van der Waals surface area (Å²) in [7, 11) is 5.65. The summed E-state index contributed by atoms with van der Waals surface area (Å²) < 4.78 is 13.2. The molecule has 0 saturated carbocycles. The molecule has 128 valence electrons. The number of benzene rings is 1. The highest BCUT2D eigenvalue weighted by Gasteiger charge is 2.02. The molecule has 0 bridgehead atoms. The van der Waals surface area contributed by atoms with Gasteiger partial charge in [-0.05, 0) is 36.2 Å². The highest BCUT2D eigenvalue weighted by molar-refractivity contribution is 5.79. The number of nitrogens with zero attached hydrogens (tertiary/aromatic N) is 3. The lowest BCUT2D eigenvalue weighted by Crippen LogP contribution is -2.38. The molecule has 0 radical (unpaired) electrons. The molecule has 5 nitrogen and oxygen atoms in total. The molecular formula is C18H24FN5. The molecule has 0 saturated heterocycles. The van der Waals surface area contributed by atoms with Gasteiger partial charge in [0.05, 0.1) is 12.2 Å². The lowest BCUT2D eigenvalue weighted by atomic mass is 10.1. The number of nitrogens with one attached hydrogen (secondary N) is 2. The van der Waals surface area contributed by atoms with Crippen molar-refractivity contribution in [2.45, 2.75) is 13.0 Å². The minimum Gasteiger partial charge on any atom is -0.363 e. The average Bonchev–Trinajstić information content (AvgIpc) is 2.58. The Hall–Kier alpha value is -2.63. The lowest BCUT2D eigenvalue weighted by molar-refractivity contribution is 0.625. The van der Waals surface area contributed by atoms with Crippen molar-refractivity contribution in [2.75, 3.05) is 32.6 Å². The molecule has 0 fully saturated rings. The van der Waals surface area contributed by atoms with E-state index < -0.39 is 0 Å². The fraction of sp³-hybridized carbons (Fsp3) is 0.333. The molecule has 0 aliphatic rings. The number of hydrogen-bond donors (Lipinski definition) is 2. The zero-order valence-corrected chi connectivity index (χ0v) is 14.4. The average molecular weight is 329 g/mol. The molecule has 2 aromatic rings. The van der Waals surface area contributed by atoms with Crippen LogP contribution in [0.4, 0.5) is 10.2 Å². The van der Waals surface area contributed by atoms with Crippen LogP contribution >= 0.6 is 0 Å². The fourth-order valence-corrected chi connectivity index (χ4v) is 2.23. The van der Waals surface area contributed by atoms with E-state index in [2.05, 4.69) is 20.6 Å². The molecule has 2 rings (SSSR count). The van der Waals surface area contributed by atoms with Gasteiger partial charge < -0.3 is 15.5 Å². The molecule has 24 heavy (non-hydrogen) atoms. The number of pyridine rings is 1. The summed E-state index contributed by atoms with van der Waals surface area (Å²) in [6.07, 6.45) is 0.729. The zero-order chi connectivity index (χ0) is 17.4. The van der Waals surface area contributed by atoms with E-state index in [0.29, 0.717) is 19.0 Å². The third kappa shape index (κ3) is 5.53. The van der Waals surface area contributed by atoms with Crippen molar-refractivity contribution in [1.29, 1.82) is 0 Å². The number of anilines is 1. The third-order valence-corrected chi connectivity index (χ3v) is 3.51. The second kappa shape index (κ2) is 8.86. The van der Waals surface area contributed by atoms with E-state index in [1.54, 1.807) is 19.2 Å². The van der Waals surface area contributed by atoms with Crippen LogP contribution in [0.15, 0.2) is 47.5 Å². The molecule has 0 amide bonds. The Balaban J connectivity index is 1.81. The van der Waals surface area contributed by atoms with Crippen molar-refractivity contribution in [1.82, 2.24) is 15.6 Å². The van der Waals surface area contributed by atoms with Crippen LogP contribution in [0.3, 0.4) is 0 Å². The quantitative estimate of drug-likeness (QED) is 0.630. The van der Waals surface area contributed by atoms with Crippen LogP contribution < -0.4 is 15.5 Å². The molecule has 0 atom stereocenters. The van der Waals surface area contributed by atoms with E-state index in [9.17, 15) is 4.39 Å². The molecule has 0 aliphatic heterocycles. The monoisotopic (exact) mass is 329 g/mol. The van der Waals surface area contributed by atoms with Crippen LogP contribution in [0.1, 0.15) is 11.3 Å². The van der Waals surface area contributed by atoms with E-state index >= 15 is 0 Å². The molecule has 2 N–H and O–H groups in total. The Morgan fingerprint density at radius 1 is 1.17 bits per heavy atom. The Labute approximate surface area is 142 Å². The summed E-state index contributed by atoms with van der Waals surface area (Å²) in [5.41, 5.74) is 1.90. The van der Waals surface area contributed by atoms with E-state index in [1.165, 1.54) is 6.07 Å². The summed E-state index contributed by atoms with van der Waals surface area (Å²) in [4.78, 5) is 10.7. The summed E-state index contributed by atoms with van der Waals surface area (Å²) in [6.45, 7) is 1.26. The van der Waals surface area contributed by atoms with E-state index in [-0.39, 0.29) is 5.82 Å².